The molecular formula is C22H22FN3O. The molecule has 3 aromatic rings. The van der Waals surface area contributed by atoms with Crippen molar-refractivity contribution in [3.8, 4) is 0 Å². The Kier molecular flexibility index (Phi) is 4.75. The fourth-order valence-corrected chi connectivity index (χ4v) is 3.72. The average Bonchev–Trinajstić information content (AvgIpc) is 2.69. The molecule has 0 atom stereocenters. The van der Waals surface area contributed by atoms with Gasteiger partial charge in [0, 0.05) is 35.7 Å². The summed E-state index contributed by atoms with van der Waals surface area (Å²) in [7, 11) is 0. The van der Waals surface area contributed by atoms with E-state index in [4.69, 9.17) is 0 Å². The molecule has 0 aliphatic carbocycles. The van der Waals surface area contributed by atoms with Gasteiger partial charge in [0.25, 0.3) is 5.91 Å². The Balaban J connectivity index is 1.77. The molecule has 27 heavy (non-hydrogen) atoms. The van der Waals surface area contributed by atoms with Gasteiger partial charge in [-0.05, 0) is 49.9 Å². The molecule has 1 N–H and O–H groups in total. The van der Waals surface area contributed by atoms with Crippen LogP contribution in [0, 0.1) is 12.7 Å². The van der Waals surface area contributed by atoms with Crippen molar-refractivity contribution in [3.63, 3.8) is 0 Å². The zero-order chi connectivity index (χ0) is 18.8. The molecule has 1 aromatic heterocycles. The van der Waals surface area contributed by atoms with Gasteiger partial charge in [-0.15, -0.1) is 0 Å². The third kappa shape index (κ3) is 3.50. The van der Waals surface area contributed by atoms with Crippen molar-refractivity contribution >= 4 is 28.2 Å². The molecule has 0 bridgehead atoms. The van der Waals surface area contributed by atoms with E-state index < -0.39 is 0 Å². The highest BCUT2D eigenvalue weighted by molar-refractivity contribution is 6.10. The van der Waals surface area contributed by atoms with E-state index in [1.54, 1.807) is 18.3 Å². The molecule has 5 heteroatoms. The average molecular weight is 363 g/mol. The summed E-state index contributed by atoms with van der Waals surface area (Å²) in [6, 6.07) is 12.2. The Bertz CT molecular complexity index is 996. The number of halogens is 1. The lowest BCUT2D eigenvalue weighted by Crippen LogP contribution is -2.35. The second-order valence-electron chi connectivity index (χ2n) is 7.01. The van der Waals surface area contributed by atoms with E-state index in [9.17, 15) is 9.18 Å². The highest BCUT2D eigenvalue weighted by Gasteiger charge is 2.22. The van der Waals surface area contributed by atoms with E-state index in [1.165, 1.54) is 18.6 Å². The summed E-state index contributed by atoms with van der Waals surface area (Å²) in [5.41, 5.74) is 2.28. The molecule has 1 aliphatic heterocycles. The molecule has 4 rings (SSSR count). The lowest BCUT2D eigenvalue weighted by molar-refractivity contribution is 0.0726. The number of hydrogen-bond acceptors (Lipinski definition) is 3. The molecule has 1 aliphatic rings. The minimum absolute atomic E-state index is 0.0406. The van der Waals surface area contributed by atoms with Gasteiger partial charge < -0.3 is 10.2 Å². The van der Waals surface area contributed by atoms with Crippen molar-refractivity contribution < 1.29 is 9.18 Å². The Morgan fingerprint density at radius 3 is 2.67 bits per heavy atom. The predicted octanol–water partition coefficient (Wildman–Crippen LogP) is 5.05. The number of aryl methyl sites for hydroxylation is 1. The van der Waals surface area contributed by atoms with Crippen molar-refractivity contribution in [2.75, 3.05) is 18.4 Å². The maximum Gasteiger partial charge on any atom is 0.256 e. The standard InChI is InChI=1S/C22H22FN3O/c1-15-7-5-10-18-20(15)19(22(27)26-11-3-2-4-12-26)14-24-21(18)25-17-9-6-8-16(23)13-17/h5-10,13-14H,2-4,11-12H2,1H3,(H,24,25). The second-order valence-corrected chi connectivity index (χ2v) is 7.01. The van der Waals surface area contributed by atoms with Gasteiger partial charge in [-0.25, -0.2) is 9.37 Å². The third-order valence-corrected chi connectivity index (χ3v) is 5.08. The first kappa shape index (κ1) is 17.5. The topological polar surface area (TPSA) is 45.2 Å². The molecule has 0 saturated carbocycles. The molecule has 2 aromatic carbocycles. The summed E-state index contributed by atoms with van der Waals surface area (Å²) < 4.78 is 13.5. The third-order valence-electron chi connectivity index (χ3n) is 5.08. The summed E-state index contributed by atoms with van der Waals surface area (Å²) in [6.45, 7) is 3.60. The minimum atomic E-state index is -0.308. The smallest absolute Gasteiger partial charge is 0.256 e. The van der Waals surface area contributed by atoms with Crippen LogP contribution >= 0.6 is 0 Å². The van der Waals surface area contributed by atoms with Crippen molar-refractivity contribution in [2.45, 2.75) is 26.2 Å². The minimum Gasteiger partial charge on any atom is -0.340 e. The predicted molar refractivity (Wildman–Crippen MR) is 106 cm³/mol. The van der Waals surface area contributed by atoms with Gasteiger partial charge in [-0.3, -0.25) is 4.79 Å². The van der Waals surface area contributed by atoms with Crippen molar-refractivity contribution in [1.82, 2.24) is 9.88 Å². The maximum atomic E-state index is 13.5. The van der Waals surface area contributed by atoms with E-state index in [2.05, 4.69) is 10.3 Å². The molecule has 138 valence electrons. The largest absolute Gasteiger partial charge is 0.340 e. The molecule has 1 fully saturated rings. The number of nitrogens with zero attached hydrogens (tertiary/aromatic N) is 2. The number of fused-ring (bicyclic) bond motifs is 1. The SMILES string of the molecule is Cc1cccc2c(Nc3cccc(F)c3)ncc(C(=O)N3CCCCC3)c12. The molecule has 0 unspecified atom stereocenters. The molecular weight excluding hydrogens is 341 g/mol. The Morgan fingerprint density at radius 2 is 1.89 bits per heavy atom. The monoisotopic (exact) mass is 363 g/mol. The summed E-state index contributed by atoms with van der Waals surface area (Å²) in [6.07, 6.45) is 4.93. The van der Waals surface area contributed by atoms with Gasteiger partial charge in [0.1, 0.15) is 11.6 Å². The number of hydrogen-bond donors (Lipinski definition) is 1. The van der Waals surface area contributed by atoms with Crippen LogP contribution in [0.3, 0.4) is 0 Å². The maximum absolute atomic E-state index is 13.5. The summed E-state index contributed by atoms with van der Waals surface area (Å²) in [4.78, 5) is 19.5. The first-order valence-electron chi connectivity index (χ1n) is 9.34. The molecule has 1 amide bonds. The van der Waals surface area contributed by atoms with Crippen LogP contribution in [0.4, 0.5) is 15.9 Å². The van der Waals surface area contributed by atoms with Crippen LogP contribution in [-0.4, -0.2) is 28.9 Å². The van der Waals surface area contributed by atoms with Gasteiger partial charge in [-0.1, -0.05) is 24.3 Å². The van der Waals surface area contributed by atoms with Crippen molar-refractivity contribution in [2.24, 2.45) is 0 Å². The Hall–Kier alpha value is -2.95. The number of nitrogens with one attached hydrogen (secondary N) is 1. The van der Waals surface area contributed by atoms with E-state index in [0.717, 1.165) is 42.3 Å². The quantitative estimate of drug-likeness (QED) is 0.708. The molecule has 2 heterocycles. The second kappa shape index (κ2) is 7.35. The van der Waals surface area contributed by atoms with Crippen LogP contribution in [-0.2, 0) is 0 Å². The molecule has 0 spiro atoms. The van der Waals surface area contributed by atoms with Crippen molar-refractivity contribution in [3.05, 3.63) is 65.6 Å². The zero-order valence-electron chi connectivity index (χ0n) is 15.3. The van der Waals surface area contributed by atoms with Crippen LogP contribution in [0.2, 0.25) is 0 Å². The van der Waals surface area contributed by atoms with E-state index in [-0.39, 0.29) is 11.7 Å². The Labute approximate surface area is 158 Å². The summed E-state index contributed by atoms with van der Waals surface area (Å²) in [5.74, 6) is 0.352. The fourth-order valence-electron chi connectivity index (χ4n) is 3.72. The number of amides is 1. The molecule has 1 saturated heterocycles. The van der Waals surface area contributed by atoms with Crippen LogP contribution < -0.4 is 5.32 Å². The normalized spacial score (nSPS) is 14.4. The number of pyridine rings is 1. The van der Waals surface area contributed by atoms with Gasteiger partial charge >= 0.3 is 0 Å². The number of aromatic nitrogens is 1. The number of rotatable bonds is 3. The summed E-state index contributed by atoms with van der Waals surface area (Å²) in [5, 5.41) is 4.95. The molecule has 4 nitrogen and oxygen atoms in total. The first-order chi connectivity index (χ1) is 13.1. The zero-order valence-corrected chi connectivity index (χ0v) is 15.3. The van der Waals surface area contributed by atoms with Gasteiger partial charge in [0.15, 0.2) is 0 Å². The number of benzene rings is 2. The van der Waals surface area contributed by atoms with Crippen molar-refractivity contribution in [1.29, 1.82) is 0 Å². The van der Waals surface area contributed by atoms with Gasteiger partial charge in [-0.2, -0.15) is 0 Å². The lowest BCUT2D eigenvalue weighted by Gasteiger charge is -2.27. The van der Waals surface area contributed by atoms with E-state index >= 15 is 0 Å². The Morgan fingerprint density at radius 1 is 1.11 bits per heavy atom. The van der Waals surface area contributed by atoms with Crippen LogP contribution in [0.15, 0.2) is 48.7 Å². The summed E-state index contributed by atoms with van der Waals surface area (Å²) >= 11 is 0. The highest BCUT2D eigenvalue weighted by Crippen LogP contribution is 2.30. The number of anilines is 2. The van der Waals surface area contributed by atoms with E-state index in [1.807, 2.05) is 30.0 Å². The van der Waals surface area contributed by atoms with Crippen LogP contribution in [0.1, 0.15) is 35.2 Å². The number of carbonyl (C=O) groups is 1. The molecule has 0 radical (unpaired) electrons. The van der Waals surface area contributed by atoms with Gasteiger partial charge in [0.05, 0.1) is 5.56 Å². The number of likely N-dealkylation sites (tertiary alicyclic amines) is 1. The van der Waals surface area contributed by atoms with Crippen LogP contribution in [0.25, 0.3) is 10.8 Å². The highest BCUT2D eigenvalue weighted by atomic mass is 19.1. The number of carbonyl (C=O) groups excluding carboxylic acids is 1. The fraction of sp³-hybridized carbons (Fsp3) is 0.273. The van der Waals surface area contributed by atoms with E-state index in [0.29, 0.717) is 17.1 Å². The van der Waals surface area contributed by atoms with Gasteiger partial charge in [0.2, 0.25) is 0 Å². The first-order valence-corrected chi connectivity index (χ1v) is 9.34. The van der Waals surface area contributed by atoms with Crippen LogP contribution in [0.5, 0.6) is 0 Å². The number of piperidine rings is 1. The lowest BCUT2D eigenvalue weighted by atomic mass is 10.00.